The number of piperazine rings is 1. The van der Waals surface area contributed by atoms with E-state index in [0.717, 1.165) is 25.4 Å². The zero-order valence-electron chi connectivity index (χ0n) is 13.5. The lowest BCUT2D eigenvalue weighted by Gasteiger charge is -2.35. The topological polar surface area (TPSA) is 54.3 Å². The number of halogens is 3. The molecule has 0 unspecified atom stereocenters. The normalized spacial score (nSPS) is 16.2. The minimum Gasteiger partial charge on any atom is -0.354 e. The second-order valence-corrected chi connectivity index (χ2v) is 5.82. The van der Waals surface area contributed by atoms with E-state index in [4.69, 9.17) is 0 Å². The monoisotopic (exact) mass is 353 g/mol. The van der Waals surface area contributed by atoms with Crippen molar-refractivity contribution >= 4 is 5.82 Å². The van der Waals surface area contributed by atoms with Crippen molar-refractivity contribution in [1.29, 1.82) is 0 Å². The van der Waals surface area contributed by atoms with Gasteiger partial charge in [0.25, 0.3) is 5.56 Å². The van der Waals surface area contributed by atoms with Gasteiger partial charge in [-0.1, -0.05) is 0 Å². The molecule has 1 aliphatic heterocycles. The molecule has 0 aromatic carbocycles. The largest absolute Gasteiger partial charge is 0.417 e. The first-order valence-electron chi connectivity index (χ1n) is 7.96. The van der Waals surface area contributed by atoms with Gasteiger partial charge < -0.3 is 4.90 Å². The highest BCUT2D eigenvalue weighted by molar-refractivity contribution is 5.40. The Labute approximate surface area is 142 Å². The van der Waals surface area contributed by atoms with Crippen molar-refractivity contribution < 1.29 is 13.2 Å². The number of aromatic nitrogens is 3. The number of hydrogen-bond donors (Lipinski definition) is 0. The molecule has 3 rings (SSSR count). The van der Waals surface area contributed by atoms with E-state index in [1.807, 2.05) is 4.90 Å². The number of anilines is 1. The molecule has 134 valence electrons. The highest BCUT2D eigenvalue weighted by atomic mass is 19.4. The van der Waals surface area contributed by atoms with Crippen LogP contribution in [0.5, 0.6) is 0 Å². The smallest absolute Gasteiger partial charge is 0.354 e. The van der Waals surface area contributed by atoms with Gasteiger partial charge in [0.15, 0.2) is 0 Å². The number of nitrogens with zero attached hydrogens (tertiary/aromatic N) is 5. The molecular formula is C16H18F3N5O. The van der Waals surface area contributed by atoms with Crippen molar-refractivity contribution in [3.8, 4) is 0 Å². The van der Waals surface area contributed by atoms with E-state index < -0.39 is 11.7 Å². The van der Waals surface area contributed by atoms with Crippen LogP contribution < -0.4 is 10.5 Å². The standard InChI is InChI=1S/C16H18F3N5O/c17-16(18,19)13-3-4-14(20-12-13)23-9-6-22(7-10-23)8-11-24-15(25)2-1-5-21-24/h1-5,12H,6-11H2. The molecule has 0 atom stereocenters. The predicted octanol–water partition coefficient (Wildman–Crippen LogP) is 1.48. The third-order valence-electron chi connectivity index (χ3n) is 4.18. The van der Waals surface area contributed by atoms with Crippen LogP contribution in [0.4, 0.5) is 19.0 Å². The molecule has 0 radical (unpaired) electrons. The molecular weight excluding hydrogens is 335 g/mol. The van der Waals surface area contributed by atoms with Gasteiger partial charge in [-0.2, -0.15) is 18.3 Å². The van der Waals surface area contributed by atoms with Crippen LogP contribution in [0.25, 0.3) is 0 Å². The maximum Gasteiger partial charge on any atom is 0.417 e. The molecule has 0 aliphatic carbocycles. The summed E-state index contributed by atoms with van der Waals surface area (Å²) in [6.45, 7) is 4.07. The average molecular weight is 353 g/mol. The van der Waals surface area contributed by atoms with Crippen molar-refractivity contribution in [1.82, 2.24) is 19.7 Å². The first-order chi connectivity index (χ1) is 11.9. The second-order valence-electron chi connectivity index (χ2n) is 5.82. The Morgan fingerprint density at radius 3 is 2.40 bits per heavy atom. The summed E-state index contributed by atoms with van der Waals surface area (Å²) < 4.78 is 39.2. The summed E-state index contributed by atoms with van der Waals surface area (Å²) in [5.74, 6) is 0.550. The van der Waals surface area contributed by atoms with E-state index in [1.54, 1.807) is 12.3 Å². The summed E-state index contributed by atoms with van der Waals surface area (Å²) in [7, 11) is 0. The minimum atomic E-state index is -4.37. The van der Waals surface area contributed by atoms with Crippen LogP contribution in [0.3, 0.4) is 0 Å². The SMILES string of the molecule is O=c1cccnn1CCN1CCN(c2ccc(C(F)(F)F)cn2)CC1. The predicted molar refractivity (Wildman–Crippen MR) is 86.4 cm³/mol. The van der Waals surface area contributed by atoms with Gasteiger partial charge in [-0.25, -0.2) is 9.67 Å². The zero-order valence-corrected chi connectivity index (χ0v) is 13.5. The summed E-state index contributed by atoms with van der Waals surface area (Å²) >= 11 is 0. The van der Waals surface area contributed by atoms with Gasteiger partial charge in [0, 0.05) is 51.2 Å². The van der Waals surface area contributed by atoms with Crippen molar-refractivity contribution in [3.63, 3.8) is 0 Å². The van der Waals surface area contributed by atoms with Gasteiger partial charge in [0.05, 0.1) is 12.1 Å². The van der Waals surface area contributed by atoms with E-state index in [-0.39, 0.29) is 5.56 Å². The molecule has 0 N–H and O–H groups in total. The molecule has 0 amide bonds. The molecule has 2 aromatic rings. The molecule has 0 bridgehead atoms. The maximum atomic E-state index is 12.6. The minimum absolute atomic E-state index is 0.130. The molecule has 0 spiro atoms. The van der Waals surface area contributed by atoms with Crippen molar-refractivity contribution in [2.75, 3.05) is 37.6 Å². The van der Waals surface area contributed by atoms with Gasteiger partial charge in [0.2, 0.25) is 0 Å². The Hall–Kier alpha value is -2.42. The van der Waals surface area contributed by atoms with E-state index in [9.17, 15) is 18.0 Å². The van der Waals surface area contributed by atoms with E-state index in [1.165, 1.54) is 16.8 Å². The molecule has 1 saturated heterocycles. The van der Waals surface area contributed by atoms with Crippen LogP contribution in [-0.2, 0) is 12.7 Å². The molecule has 1 aliphatic rings. The summed E-state index contributed by atoms with van der Waals surface area (Å²) in [5.41, 5.74) is -0.870. The lowest BCUT2D eigenvalue weighted by Crippen LogP contribution is -2.48. The highest BCUT2D eigenvalue weighted by Gasteiger charge is 2.31. The third-order valence-corrected chi connectivity index (χ3v) is 4.18. The Kier molecular flexibility index (Phi) is 5.03. The van der Waals surface area contributed by atoms with Gasteiger partial charge in [-0.05, 0) is 18.2 Å². The van der Waals surface area contributed by atoms with Crippen molar-refractivity contribution in [2.45, 2.75) is 12.7 Å². The van der Waals surface area contributed by atoms with Crippen LogP contribution in [-0.4, -0.2) is 52.4 Å². The highest BCUT2D eigenvalue weighted by Crippen LogP contribution is 2.29. The van der Waals surface area contributed by atoms with Gasteiger partial charge in [-0.15, -0.1) is 0 Å². The van der Waals surface area contributed by atoms with Crippen molar-refractivity contribution in [2.24, 2.45) is 0 Å². The number of hydrogen-bond acceptors (Lipinski definition) is 5. The first-order valence-corrected chi connectivity index (χ1v) is 7.96. The Morgan fingerprint density at radius 1 is 1.04 bits per heavy atom. The number of pyridine rings is 1. The fourth-order valence-electron chi connectivity index (χ4n) is 2.73. The van der Waals surface area contributed by atoms with E-state index in [0.29, 0.717) is 32.0 Å². The van der Waals surface area contributed by atoms with Crippen LogP contribution in [0.15, 0.2) is 41.5 Å². The fourth-order valence-corrected chi connectivity index (χ4v) is 2.73. The third kappa shape index (κ3) is 4.36. The molecule has 2 aromatic heterocycles. The fraction of sp³-hybridized carbons (Fsp3) is 0.438. The maximum absolute atomic E-state index is 12.6. The van der Waals surface area contributed by atoms with E-state index in [2.05, 4.69) is 15.0 Å². The number of alkyl halides is 3. The van der Waals surface area contributed by atoms with Crippen LogP contribution >= 0.6 is 0 Å². The Morgan fingerprint density at radius 2 is 1.80 bits per heavy atom. The second kappa shape index (κ2) is 7.22. The van der Waals surface area contributed by atoms with Gasteiger partial charge in [0.1, 0.15) is 5.82 Å². The lowest BCUT2D eigenvalue weighted by molar-refractivity contribution is -0.137. The quantitative estimate of drug-likeness (QED) is 0.833. The first kappa shape index (κ1) is 17.4. The van der Waals surface area contributed by atoms with Crippen LogP contribution in [0.1, 0.15) is 5.56 Å². The summed E-state index contributed by atoms with van der Waals surface area (Å²) in [6, 6.07) is 5.55. The molecule has 1 fully saturated rings. The Bertz CT molecular complexity index is 751. The number of rotatable bonds is 4. The molecule has 3 heterocycles. The summed E-state index contributed by atoms with van der Waals surface area (Å²) in [4.78, 5) is 19.7. The van der Waals surface area contributed by atoms with E-state index >= 15 is 0 Å². The lowest BCUT2D eigenvalue weighted by atomic mass is 10.2. The molecule has 0 saturated carbocycles. The van der Waals surface area contributed by atoms with Crippen LogP contribution in [0.2, 0.25) is 0 Å². The van der Waals surface area contributed by atoms with Crippen molar-refractivity contribution in [3.05, 3.63) is 52.6 Å². The van der Waals surface area contributed by atoms with Gasteiger partial charge in [-0.3, -0.25) is 9.69 Å². The molecule has 9 heteroatoms. The van der Waals surface area contributed by atoms with Gasteiger partial charge >= 0.3 is 6.18 Å². The van der Waals surface area contributed by atoms with Crippen LogP contribution in [0, 0.1) is 0 Å². The molecule has 6 nitrogen and oxygen atoms in total. The Balaban J connectivity index is 1.52. The summed E-state index contributed by atoms with van der Waals surface area (Å²) in [5, 5.41) is 4.02. The average Bonchev–Trinajstić information content (AvgIpc) is 2.61. The summed E-state index contributed by atoms with van der Waals surface area (Å²) in [6.07, 6.45) is -1.92. The molecule has 25 heavy (non-hydrogen) atoms. The zero-order chi connectivity index (χ0) is 17.9.